The van der Waals surface area contributed by atoms with E-state index in [9.17, 15) is 20.4 Å². The third kappa shape index (κ3) is 6.69. The van der Waals surface area contributed by atoms with E-state index in [0.717, 1.165) is 31.2 Å². The smallest absolute Gasteiger partial charge is 0.186 e. The van der Waals surface area contributed by atoms with E-state index < -0.39 is 49.2 Å². The predicted octanol–water partition coefficient (Wildman–Crippen LogP) is 1.65. The first kappa shape index (κ1) is 24.5. The number of unbranched alkanes of at least 4 members (excludes halogenated alkanes) is 4. The molecule has 8 nitrogen and oxygen atoms in total. The molecular weight excluding hydrogens is 404 g/mol. The Morgan fingerprint density at radius 1 is 0.968 bits per heavy atom. The Labute approximate surface area is 183 Å². The maximum atomic E-state index is 10.6. The van der Waals surface area contributed by atoms with Crippen LogP contribution in [0, 0.1) is 0 Å². The molecule has 3 rings (SSSR count). The summed E-state index contributed by atoms with van der Waals surface area (Å²) in [5.41, 5.74) is 0.813. The molecule has 1 aromatic rings. The monoisotopic (exact) mass is 440 g/mol. The largest absolute Gasteiger partial charge is 0.390 e. The van der Waals surface area contributed by atoms with Crippen molar-refractivity contribution in [1.82, 2.24) is 0 Å². The van der Waals surface area contributed by atoms with Crippen molar-refractivity contribution in [1.29, 1.82) is 0 Å². The zero-order valence-corrected chi connectivity index (χ0v) is 18.1. The molecule has 0 saturated carbocycles. The molecule has 31 heavy (non-hydrogen) atoms. The summed E-state index contributed by atoms with van der Waals surface area (Å²) < 4.78 is 22.8. The van der Waals surface area contributed by atoms with Crippen LogP contribution in [0.2, 0.25) is 0 Å². The fourth-order valence-corrected chi connectivity index (χ4v) is 3.95. The van der Waals surface area contributed by atoms with Crippen molar-refractivity contribution in [3.05, 3.63) is 35.9 Å². The lowest BCUT2D eigenvalue weighted by atomic mass is 9.98. The summed E-state index contributed by atoms with van der Waals surface area (Å²) in [6.45, 7) is 2.09. The number of ether oxygens (including phenoxy) is 4. The minimum absolute atomic E-state index is 0.163. The fraction of sp³-hybridized carbons (Fsp3) is 0.739. The van der Waals surface area contributed by atoms with Crippen LogP contribution in [0.5, 0.6) is 0 Å². The number of hydrogen-bond acceptors (Lipinski definition) is 8. The summed E-state index contributed by atoms with van der Waals surface area (Å²) in [6.07, 6.45) is -2.02. The van der Waals surface area contributed by atoms with Gasteiger partial charge >= 0.3 is 0 Å². The average molecular weight is 441 g/mol. The van der Waals surface area contributed by atoms with E-state index in [1.165, 1.54) is 6.42 Å². The van der Waals surface area contributed by atoms with Crippen LogP contribution >= 0.6 is 0 Å². The molecule has 2 fully saturated rings. The standard InChI is InChI=1S/C23H36O8/c1-2-3-4-5-9-12-16(24)17(25)13-28-23-20(27)19(26)21-18(30-23)14-29-22(31-21)15-10-7-6-8-11-15/h6-8,10-11,16-27H,2-5,9,12-14H2,1H3/t16-,17-,18+,19+,20+,21-,22?,23+/m0/s1. The van der Waals surface area contributed by atoms with Gasteiger partial charge in [0, 0.05) is 5.56 Å². The van der Waals surface area contributed by atoms with Gasteiger partial charge in [0.25, 0.3) is 0 Å². The van der Waals surface area contributed by atoms with Gasteiger partial charge in [-0.3, -0.25) is 0 Å². The van der Waals surface area contributed by atoms with Crippen molar-refractivity contribution in [2.24, 2.45) is 0 Å². The van der Waals surface area contributed by atoms with Gasteiger partial charge in [0.1, 0.15) is 30.5 Å². The highest BCUT2D eigenvalue weighted by Crippen LogP contribution is 2.34. The third-order valence-electron chi connectivity index (χ3n) is 5.88. The first-order valence-electron chi connectivity index (χ1n) is 11.3. The fourth-order valence-electron chi connectivity index (χ4n) is 3.95. The Bertz CT molecular complexity index is 627. The average Bonchev–Trinajstić information content (AvgIpc) is 2.80. The molecule has 8 heteroatoms. The van der Waals surface area contributed by atoms with E-state index in [-0.39, 0.29) is 13.2 Å². The summed E-state index contributed by atoms with van der Waals surface area (Å²) >= 11 is 0. The Hall–Kier alpha value is -1.10. The summed E-state index contributed by atoms with van der Waals surface area (Å²) in [6, 6.07) is 9.34. The number of aliphatic hydroxyl groups is 4. The zero-order valence-electron chi connectivity index (χ0n) is 18.1. The van der Waals surface area contributed by atoms with Crippen LogP contribution in [-0.4, -0.2) is 76.6 Å². The van der Waals surface area contributed by atoms with Crippen LogP contribution in [-0.2, 0) is 18.9 Å². The summed E-state index contributed by atoms with van der Waals surface area (Å²) in [7, 11) is 0. The van der Waals surface area contributed by atoms with Gasteiger partial charge < -0.3 is 39.4 Å². The Morgan fingerprint density at radius 3 is 2.45 bits per heavy atom. The van der Waals surface area contributed by atoms with Crippen LogP contribution in [0.15, 0.2) is 30.3 Å². The predicted molar refractivity (Wildman–Crippen MR) is 112 cm³/mol. The highest BCUT2D eigenvalue weighted by atomic mass is 16.8. The molecule has 0 bridgehead atoms. The van der Waals surface area contributed by atoms with Crippen molar-refractivity contribution < 1.29 is 39.4 Å². The van der Waals surface area contributed by atoms with Crippen molar-refractivity contribution in [2.75, 3.05) is 13.2 Å². The molecule has 0 aliphatic carbocycles. The molecule has 0 amide bonds. The first-order valence-corrected chi connectivity index (χ1v) is 11.3. The molecule has 2 aliphatic rings. The van der Waals surface area contributed by atoms with Crippen molar-refractivity contribution in [3.8, 4) is 0 Å². The molecular formula is C23H36O8. The van der Waals surface area contributed by atoms with E-state index in [2.05, 4.69) is 6.92 Å². The minimum Gasteiger partial charge on any atom is -0.390 e. The second-order valence-electron chi connectivity index (χ2n) is 8.37. The quantitative estimate of drug-likeness (QED) is 0.384. The highest BCUT2D eigenvalue weighted by molar-refractivity contribution is 5.16. The van der Waals surface area contributed by atoms with Gasteiger partial charge in [-0.2, -0.15) is 0 Å². The normalized spacial score (nSPS) is 32.9. The lowest BCUT2D eigenvalue weighted by molar-refractivity contribution is -0.363. The van der Waals surface area contributed by atoms with E-state index in [1.54, 1.807) is 0 Å². The molecule has 0 spiro atoms. The maximum Gasteiger partial charge on any atom is 0.186 e. The van der Waals surface area contributed by atoms with Gasteiger partial charge in [0.2, 0.25) is 0 Å². The molecule has 2 saturated heterocycles. The van der Waals surface area contributed by atoms with Gasteiger partial charge in [-0.05, 0) is 6.42 Å². The number of aliphatic hydroxyl groups excluding tert-OH is 4. The highest BCUT2D eigenvalue weighted by Gasteiger charge is 2.49. The zero-order chi connectivity index (χ0) is 22.2. The van der Waals surface area contributed by atoms with Crippen LogP contribution in [0.25, 0.3) is 0 Å². The summed E-state index contributed by atoms with van der Waals surface area (Å²) in [4.78, 5) is 0. The van der Waals surface area contributed by atoms with Crippen LogP contribution in [0.3, 0.4) is 0 Å². The van der Waals surface area contributed by atoms with Gasteiger partial charge in [-0.1, -0.05) is 69.4 Å². The van der Waals surface area contributed by atoms with E-state index in [4.69, 9.17) is 18.9 Å². The summed E-state index contributed by atoms with van der Waals surface area (Å²) in [5.74, 6) is 0. The molecule has 4 N–H and O–H groups in total. The van der Waals surface area contributed by atoms with Gasteiger partial charge in [0.05, 0.1) is 19.3 Å². The van der Waals surface area contributed by atoms with E-state index in [1.807, 2.05) is 30.3 Å². The molecule has 2 aliphatic heterocycles. The van der Waals surface area contributed by atoms with Crippen molar-refractivity contribution in [2.45, 2.75) is 94.7 Å². The van der Waals surface area contributed by atoms with Crippen molar-refractivity contribution >= 4 is 0 Å². The van der Waals surface area contributed by atoms with Crippen LogP contribution in [0.4, 0.5) is 0 Å². The Balaban J connectivity index is 1.45. The lowest BCUT2D eigenvalue weighted by Crippen LogP contribution is -2.62. The van der Waals surface area contributed by atoms with Gasteiger partial charge in [-0.15, -0.1) is 0 Å². The minimum atomic E-state index is -1.35. The molecule has 0 aromatic heterocycles. The Morgan fingerprint density at radius 2 is 1.71 bits per heavy atom. The van der Waals surface area contributed by atoms with Gasteiger partial charge in [-0.25, -0.2) is 0 Å². The molecule has 2 heterocycles. The molecule has 176 valence electrons. The first-order chi connectivity index (χ1) is 15.0. The molecule has 0 radical (unpaired) electrons. The molecule has 8 atom stereocenters. The third-order valence-corrected chi connectivity index (χ3v) is 5.88. The van der Waals surface area contributed by atoms with Gasteiger partial charge in [0.15, 0.2) is 12.6 Å². The Kier molecular flexibility index (Phi) is 9.68. The van der Waals surface area contributed by atoms with Crippen LogP contribution in [0.1, 0.15) is 57.3 Å². The van der Waals surface area contributed by atoms with E-state index >= 15 is 0 Å². The lowest BCUT2D eigenvalue weighted by Gasteiger charge is -2.46. The second-order valence-corrected chi connectivity index (χ2v) is 8.37. The SMILES string of the molecule is CCCCCCC[C@H](O)[C@@H](O)CO[C@@H]1O[C@@H]2COC(c3ccccc3)O[C@@H]2[C@H](O)[C@H]1O. The number of benzene rings is 1. The van der Waals surface area contributed by atoms with E-state index in [0.29, 0.717) is 6.42 Å². The maximum absolute atomic E-state index is 10.6. The molecule has 1 unspecified atom stereocenters. The number of hydrogen-bond donors (Lipinski definition) is 4. The van der Waals surface area contributed by atoms with Crippen molar-refractivity contribution in [3.63, 3.8) is 0 Å². The molecule has 1 aromatic carbocycles. The number of rotatable bonds is 11. The summed E-state index contributed by atoms with van der Waals surface area (Å²) in [5, 5.41) is 41.3. The van der Waals surface area contributed by atoms with Crippen LogP contribution < -0.4 is 0 Å². The number of fused-ring (bicyclic) bond motifs is 1. The second kappa shape index (κ2) is 12.2. The topological polar surface area (TPSA) is 118 Å².